The van der Waals surface area contributed by atoms with Crippen molar-refractivity contribution in [1.82, 2.24) is 10.2 Å². The van der Waals surface area contributed by atoms with Crippen LogP contribution < -0.4 is 5.32 Å². The first-order chi connectivity index (χ1) is 8.54. The van der Waals surface area contributed by atoms with Crippen molar-refractivity contribution in [2.24, 2.45) is 5.92 Å². The van der Waals surface area contributed by atoms with Crippen LogP contribution in [-0.2, 0) is 9.53 Å². The molecule has 1 heterocycles. The van der Waals surface area contributed by atoms with Crippen LogP contribution in [0.1, 0.15) is 39.5 Å². The third-order valence-electron chi connectivity index (χ3n) is 3.44. The molecule has 0 bridgehead atoms. The molecule has 0 aromatic rings. The minimum absolute atomic E-state index is 0.0149. The summed E-state index contributed by atoms with van der Waals surface area (Å²) in [5.41, 5.74) is 0. The average Bonchev–Trinajstić information content (AvgIpc) is 2.36. The Kier molecular flexibility index (Phi) is 5.95. The highest BCUT2D eigenvalue weighted by atomic mass is 16.5. The maximum absolute atomic E-state index is 12.0. The van der Waals surface area contributed by atoms with Gasteiger partial charge in [-0.25, -0.2) is 4.79 Å². The van der Waals surface area contributed by atoms with Crippen LogP contribution in [0.15, 0.2) is 0 Å². The van der Waals surface area contributed by atoms with Crippen molar-refractivity contribution in [2.75, 3.05) is 20.2 Å². The lowest BCUT2D eigenvalue weighted by Crippen LogP contribution is -2.49. The zero-order valence-electron chi connectivity index (χ0n) is 11.6. The first-order valence-corrected chi connectivity index (χ1v) is 6.66. The van der Waals surface area contributed by atoms with Gasteiger partial charge in [0.25, 0.3) is 0 Å². The van der Waals surface area contributed by atoms with Gasteiger partial charge in [-0.15, -0.1) is 0 Å². The molecule has 1 saturated heterocycles. The number of likely N-dealkylation sites (tertiary alicyclic amines) is 1. The van der Waals surface area contributed by atoms with Crippen molar-refractivity contribution >= 4 is 12.0 Å². The Hall–Kier alpha value is -1.26. The van der Waals surface area contributed by atoms with Crippen LogP contribution in [0.2, 0.25) is 0 Å². The van der Waals surface area contributed by atoms with Gasteiger partial charge >= 0.3 is 12.0 Å². The zero-order chi connectivity index (χ0) is 13.5. The van der Waals surface area contributed by atoms with Gasteiger partial charge in [-0.05, 0) is 32.1 Å². The number of piperidine rings is 1. The zero-order valence-corrected chi connectivity index (χ0v) is 11.6. The smallest absolute Gasteiger partial charge is 0.317 e. The van der Waals surface area contributed by atoms with Crippen LogP contribution in [0.4, 0.5) is 4.79 Å². The Morgan fingerprint density at radius 1 is 1.33 bits per heavy atom. The van der Waals surface area contributed by atoms with E-state index in [1.165, 1.54) is 13.5 Å². The van der Waals surface area contributed by atoms with Crippen molar-refractivity contribution < 1.29 is 14.3 Å². The molecule has 1 fully saturated rings. The standard InChI is InChI=1S/C13H24N2O3/c1-10-6-7-11(2)15(9-10)13(17)14-8-4-5-12(16)18-3/h10-11H,4-9H2,1-3H3,(H,14,17)/t10-,11-/m0/s1. The van der Waals surface area contributed by atoms with E-state index in [0.29, 0.717) is 31.3 Å². The number of esters is 1. The van der Waals surface area contributed by atoms with Crippen LogP contribution in [0, 0.1) is 5.92 Å². The third-order valence-corrected chi connectivity index (χ3v) is 3.44. The Labute approximate surface area is 109 Å². The van der Waals surface area contributed by atoms with Gasteiger partial charge in [-0.2, -0.15) is 0 Å². The van der Waals surface area contributed by atoms with E-state index in [1.54, 1.807) is 0 Å². The molecule has 0 aromatic carbocycles. The van der Waals surface area contributed by atoms with Gasteiger partial charge in [0.05, 0.1) is 7.11 Å². The maximum Gasteiger partial charge on any atom is 0.317 e. The molecule has 5 nitrogen and oxygen atoms in total. The van der Waals surface area contributed by atoms with Crippen LogP contribution in [0.5, 0.6) is 0 Å². The molecule has 1 aliphatic heterocycles. The Morgan fingerprint density at radius 2 is 2.06 bits per heavy atom. The fourth-order valence-corrected chi connectivity index (χ4v) is 2.20. The lowest BCUT2D eigenvalue weighted by Gasteiger charge is -2.36. The summed E-state index contributed by atoms with van der Waals surface area (Å²) in [5.74, 6) is 0.339. The fourth-order valence-electron chi connectivity index (χ4n) is 2.20. The number of hydrogen-bond acceptors (Lipinski definition) is 3. The summed E-state index contributed by atoms with van der Waals surface area (Å²) in [4.78, 5) is 24.8. The number of amides is 2. The van der Waals surface area contributed by atoms with E-state index in [-0.39, 0.29) is 12.0 Å². The first kappa shape index (κ1) is 14.8. The molecule has 18 heavy (non-hydrogen) atoms. The second kappa shape index (κ2) is 7.24. The van der Waals surface area contributed by atoms with Crippen molar-refractivity contribution in [1.29, 1.82) is 0 Å². The van der Waals surface area contributed by atoms with Gasteiger partial charge in [-0.3, -0.25) is 4.79 Å². The number of methoxy groups -OCH3 is 1. The third kappa shape index (κ3) is 4.55. The van der Waals surface area contributed by atoms with Crippen molar-refractivity contribution in [3.8, 4) is 0 Å². The quantitative estimate of drug-likeness (QED) is 0.616. The van der Waals surface area contributed by atoms with E-state index >= 15 is 0 Å². The molecule has 0 saturated carbocycles. The lowest BCUT2D eigenvalue weighted by atomic mass is 9.95. The van der Waals surface area contributed by atoms with Crippen molar-refractivity contribution in [3.05, 3.63) is 0 Å². The summed E-state index contributed by atoms with van der Waals surface area (Å²) < 4.78 is 4.54. The Morgan fingerprint density at radius 3 is 2.72 bits per heavy atom. The van der Waals surface area contributed by atoms with E-state index in [0.717, 1.165) is 13.0 Å². The molecular formula is C13H24N2O3. The largest absolute Gasteiger partial charge is 0.469 e. The molecule has 1 rings (SSSR count). The number of rotatable bonds is 4. The van der Waals surface area contributed by atoms with E-state index in [4.69, 9.17) is 0 Å². The molecule has 0 aliphatic carbocycles. The molecule has 104 valence electrons. The molecule has 0 radical (unpaired) electrons. The van der Waals surface area contributed by atoms with E-state index in [1.807, 2.05) is 4.90 Å². The predicted octanol–water partition coefficient (Wildman–Crippen LogP) is 1.77. The Bertz CT molecular complexity index is 294. The first-order valence-electron chi connectivity index (χ1n) is 6.66. The van der Waals surface area contributed by atoms with E-state index in [9.17, 15) is 9.59 Å². The highest BCUT2D eigenvalue weighted by molar-refractivity contribution is 5.74. The van der Waals surface area contributed by atoms with Crippen LogP contribution in [-0.4, -0.2) is 43.1 Å². The van der Waals surface area contributed by atoms with Crippen LogP contribution in [0.25, 0.3) is 0 Å². The normalized spacial score (nSPS) is 23.6. The number of hydrogen-bond donors (Lipinski definition) is 1. The second-order valence-corrected chi connectivity index (χ2v) is 5.10. The van der Waals surface area contributed by atoms with Crippen LogP contribution >= 0.6 is 0 Å². The molecule has 1 N–H and O–H groups in total. The summed E-state index contributed by atoms with van der Waals surface area (Å²) in [7, 11) is 1.37. The number of nitrogens with one attached hydrogen (secondary N) is 1. The van der Waals surface area contributed by atoms with Gasteiger partial charge in [0.1, 0.15) is 0 Å². The van der Waals surface area contributed by atoms with Gasteiger partial charge in [0, 0.05) is 25.6 Å². The number of nitrogens with zero attached hydrogens (tertiary/aromatic N) is 1. The summed E-state index contributed by atoms with van der Waals surface area (Å²) in [5, 5.41) is 2.86. The SMILES string of the molecule is COC(=O)CCCNC(=O)N1C[C@@H](C)CC[C@@H]1C. The predicted molar refractivity (Wildman–Crippen MR) is 69.2 cm³/mol. The van der Waals surface area contributed by atoms with Gasteiger partial charge in [-0.1, -0.05) is 6.92 Å². The monoisotopic (exact) mass is 256 g/mol. The molecule has 2 amide bonds. The second-order valence-electron chi connectivity index (χ2n) is 5.10. The van der Waals surface area contributed by atoms with E-state index in [2.05, 4.69) is 23.9 Å². The molecule has 0 aromatic heterocycles. The maximum atomic E-state index is 12.0. The summed E-state index contributed by atoms with van der Waals surface area (Å²) in [6.45, 7) is 5.60. The molecule has 1 aliphatic rings. The number of carbonyl (C=O) groups excluding carboxylic acids is 2. The topological polar surface area (TPSA) is 58.6 Å². The summed E-state index contributed by atoms with van der Waals surface area (Å²) in [6.07, 6.45) is 3.23. The number of urea groups is 1. The molecule has 0 unspecified atom stereocenters. The minimum Gasteiger partial charge on any atom is -0.469 e. The van der Waals surface area contributed by atoms with Gasteiger partial charge < -0.3 is 15.0 Å². The van der Waals surface area contributed by atoms with Gasteiger partial charge in [0.2, 0.25) is 0 Å². The van der Waals surface area contributed by atoms with E-state index < -0.39 is 0 Å². The lowest BCUT2D eigenvalue weighted by molar-refractivity contribution is -0.140. The number of ether oxygens (including phenoxy) is 1. The van der Waals surface area contributed by atoms with Crippen molar-refractivity contribution in [3.63, 3.8) is 0 Å². The highest BCUT2D eigenvalue weighted by Crippen LogP contribution is 2.21. The summed E-state index contributed by atoms with van der Waals surface area (Å²) >= 11 is 0. The average molecular weight is 256 g/mol. The Balaban J connectivity index is 2.25. The summed E-state index contributed by atoms with van der Waals surface area (Å²) in [6, 6.07) is 0.292. The molecular weight excluding hydrogens is 232 g/mol. The highest BCUT2D eigenvalue weighted by Gasteiger charge is 2.26. The molecule has 5 heteroatoms. The number of carbonyl (C=O) groups is 2. The molecule has 2 atom stereocenters. The fraction of sp³-hybridized carbons (Fsp3) is 0.846. The van der Waals surface area contributed by atoms with Crippen molar-refractivity contribution in [2.45, 2.75) is 45.6 Å². The molecule has 0 spiro atoms. The van der Waals surface area contributed by atoms with Crippen LogP contribution in [0.3, 0.4) is 0 Å². The van der Waals surface area contributed by atoms with Gasteiger partial charge in [0.15, 0.2) is 0 Å². The minimum atomic E-state index is -0.232.